The highest BCUT2D eigenvalue weighted by Gasteiger charge is 2.37. The van der Waals surface area contributed by atoms with Gasteiger partial charge in [0.05, 0.1) is 16.8 Å². The molecule has 0 unspecified atom stereocenters. The van der Waals surface area contributed by atoms with Crippen LogP contribution in [0.3, 0.4) is 0 Å². The maximum absolute atomic E-state index is 13.3. The first kappa shape index (κ1) is 18.8. The normalized spacial score (nSPS) is 14.9. The predicted molar refractivity (Wildman–Crippen MR) is 98.3 cm³/mol. The van der Waals surface area contributed by atoms with Crippen LogP contribution >= 0.6 is 11.6 Å². The first-order chi connectivity index (χ1) is 12.7. The first-order valence-corrected chi connectivity index (χ1v) is 8.23. The number of fused-ring (bicyclic) bond motifs is 1. The quantitative estimate of drug-likeness (QED) is 0.508. The zero-order chi connectivity index (χ0) is 19.8. The third-order valence-corrected chi connectivity index (χ3v) is 4.33. The van der Waals surface area contributed by atoms with Crippen LogP contribution in [0.5, 0.6) is 5.75 Å². The number of carbonyl (C=O) groups is 1. The van der Waals surface area contributed by atoms with Gasteiger partial charge < -0.3 is 16.2 Å². The minimum Gasteiger partial charge on any atom is -0.505 e. The molecule has 1 aliphatic rings. The fourth-order valence-electron chi connectivity index (χ4n) is 2.75. The van der Waals surface area contributed by atoms with E-state index in [2.05, 4.69) is 5.32 Å². The van der Waals surface area contributed by atoms with Gasteiger partial charge in [0.15, 0.2) is 5.75 Å². The fraction of sp³-hybridized carbons (Fsp3) is 0.105. The summed E-state index contributed by atoms with van der Waals surface area (Å²) >= 11 is 5.73. The van der Waals surface area contributed by atoms with Crippen LogP contribution in [0.15, 0.2) is 64.9 Å². The lowest BCUT2D eigenvalue weighted by molar-refractivity contribution is -0.0897. The number of phenolic OH excluding ortho intramolecular Hbond substituents is 1. The molecule has 0 heterocycles. The molecule has 0 atom stereocenters. The number of alkyl halides is 3. The molecule has 2 aromatic carbocycles. The molecule has 8 heteroatoms. The van der Waals surface area contributed by atoms with Crippen molar-refractivity contribution in [3.63, 3.8) is 0 Å². The number of carbonyl (C=O) groups excluding carboxylic acids is 1. The lowest BCUT2D eigenvalue weighted by atomic mass is 10.0. The maximum atomic E-state index is 13.3. The fourth-order valence-corrected chi connectivity index (χ4v) is 2.95. The Bertz CT molecular complexity index is 1020. The van der Waals surface area contributed by atoms with Crippen molar-refractivity contribution in [1.29, 1.82) is 0 Å². The van der Waals surface area contributed by atoms with E-state index in [4.69, 9.17) is 17.3 Å². The molecule has 0 saturated heterocycles. The summed E-state index contributed by atoms with van der Waals surface area (Å²) in [6.45, 7) is 0. The van der Waals surface area contributed by atoms with E-state index in [1.807, 2.05) is 0 Å². The standard InChI is InChI=1S/C19H14ClF3N2O2/c20-11-5-3-7-15(14(9-11)19(21,22)23)25-18(27)13-8-10-4-1-2-6-12(10)16(24)17(13)26/h1-2,4-9,26H,3,24H2,(H,25,27). The molecule has 0 spiro atoms. The number of benzene rings is 2. The molecule has 140 valence electrons. The highest BCUT2D eigenvalue weighted by Crippen LogP contribution is 2.36. The average molecular weight is 395 g/mol. The van der Waals surface area contributed by atoms with Crippen LogP contribution in [0.1, 0.15) is 16.8 Å². The topological polar surface area (TPSA) is 75.3 Å². The van der Waals surface area contributed by atoms with Crippen molar-refractivity contribution in [2.24, 2.45) is 0 Å². The van der Waals surface area contributed by atoms with Gasteiger partial charge in [-0.2, -0.15) is 13.2 Å². The van der Waals surface area contributed by atoms with Crippen molar-refractivity contribution in [2.45, 2.75) is 12.6 Å². The Morgan fingerprint density at radius 2 is 1.93 bits per heavy atom. The van der Waals surface area contributed by atoms with E-state index < -0.39 is 29.1 Å². The molecule has 1 aliphatic carbocycles. The van der Waals surface area contributed by atoms with Crippen molar-refractivity contribution >= 4 is 34.0 Å². The smallest absolute Gasteiger partial charge is 0.418 e. The number of anilines is 1. The van der Waals surface area contributed by atoms with Gasteiger partial charge in [-0.3, -0.25) is 4.79 Å². The van der Waals surface area contributed by atoms with E-state index in [1.165, 1.54) is 18.2 Å². The number of phenols is 1. The van der Waals surface area contributed by atoms with Crippen LogP contribution in [0, 0.1) is 0 Å². The van der Waals surface area contributed by atoms with Gasteiger partial charge >= 0.3 is 6.18 Å². The summed E-state index contributed by atoms with van der Waals surface area (Å²) in [7, 11) is 0. The van der Waals surface area contributed by atoms with Gasteiger partial charge in [0.2, 0.25) is 0 Å². The maximum Gasteiger partial charge on any atom is 0.418 e. The minimum absolute atomic E-state index is 0.0237. The Hall–Kier alpha value is -2.93. The van der Waals surface area contributed by atoms with E-state index in [-0.39, 0.29) is 22.7 Å². The Morgan fingerprint density at radius 3 is 2.63 bits per heavy atom. The first-order valence-electron chi connectivity index (χ1n) is 7.85. The number of nitrogens with two attached hydrogens (primary N) is 1. The number of hydrogen-bond donors (Lipinski definition) is 3. The molecule has 0 fully saturated rings. The number of halogens is 4. The van der Waals surface area contributed by atoms with Gasteiger partial charge in [-0.1, -0.05) is 48.0 Å². The molecule has 0 saturated carbocycles. The van der Waals surface area contributed by atoms with Crippen LogP contribution < -0.4 is 11.1 Å². The zero-order valence-electron chi connectivity index (χ0n) is 13.8. The second-order valence-corrected chi connectivity index (χ2v) is 6.30. The van der Waals surface area contributed by atoms with Gasteiger partial charge in [0.1, 0.15) is 0 Å². The van der Waals surface area contributed by atoms with Gasteiger partial charge in [-0.15, -0.1) is 0 Å². The Morgan fingerprint density at radius 1 is 1.22 bits per heavy atom. The van der Waals surface area contributed by atoms with Crippen molar-refractivity contribution < 1.29 is 23.1 Å². The number of nitrogens with one attached hydrogen (secondary N) is 1. The van der Waals surface area contributed by atoms with Crippen LogP contribution in [0.2, 0.25) is 0 Å². The van der Waals surface area contributed by atoms with Gasteiger partial charge in [0, 0.05) is 16.1 Å². The van der Waals surface area contributed by atoms with E-state index in [0.717, 1.165) is 6.08 Å². The van der Waals surface area contributed by atoms with Crippen molar-refractivity contribution in [3.05, 3.63) is 70.4 Å². The molecule has 4 nitrogen and oxygen atoms in total. The summed E-state index contributed by atoms with van der Waals surface area (Å²) < 4.78 is 40.0. The SMILES string of the molecule is Nc1c(O)c(C(=O)NC2=CCC=C(Cl)C=C2C(F)(F)F)cc2ccccc12. The predicted octanol–water partition coefficient (Wildman–Crippen LogP) is 4.76. The second-order valence-electron chi connectivity index (χ2n) is 5.86. The molecule has 3 rings (SSSR count). The average Bonchev–Trinajstić information content (AvgIpc) is 2.79. The summed E-state index contributed by atoms with van der Waals surface area (Å²) in [4.78, 5) is 12.6. The van der Waals surface area contributed by atoms with Crippen molar-refractivity contribution in [3.8, 4) is 5.75 Å². The number of aromatic hydroxyl groups is 1. The van der Waals surface area contributed by atoms with Crippen LogP contribution in [-0.4, -0.2) is 17.2 Å². The number of amides is 1. The van der Waals surface area contributed by atoms with Gasteiger partial charge in [-0.05, 0) is 23.9 Å². The molecule has 0 bridgehead atoms. The molecule has 0 aromatic heterocycles. The molecule has 1 amide bonds. The third kappa shape index (κ3) is 3.78. The summed E-state index contributed by atoms with van der Waals surface area (Å²) in [6.07, 6.45) is -1.28. The van der Waals surface area contributed by atoms with Crippen molar-refractivity contribution in [2.75, 3.05) is 5.73 Å². The summed E-state index contributed by atoms with van der Waals surface area (Å²) in [5, 5.41) is 13.5. The minimum atomic E-state index is -4.72. The monoisotopic (exact) mass is 394 g/mol. The third-order valence-electron chi connectivity index (χ3n) is 4.07. The Balaban J connectivity index is 2.00. The number of hydrogen-bond acceptors (Lipinski definition) is 3. The molecular formula is C19H14ClF3N2O2. The molecule has 4 N–H and O–H groups in total. The Kier molecular flexibility index (Phi) is 4.89. The number of rotatable bonds is 2. The molecule has 27 heavy (non-hydrogen) atoms. The number of nitrogen functional groups attached to an aromatic ring is 1. The summed E-state index contributed by atoms with van der Waals surface area (Å²) in [6, 6.07) is 8.14. The molecule has 0 aliphatic heterocycles. The van der Waals surface area contributed by atoms with Gasteiger partial charge in [0.25, 0.3) is 5.91 Å². The second kappa shape index (κ2) is 7.00. The highest BCUT2D eigenvalue weighted by molar-refractivity contribution is 6.31. The lowest BCUT2D eigenvalue weighted by Crippen LogP contribution is -2.28. The molecular weight excluding hydrogens is 381 g/mol. The molecule has 2 aromatic rings. The highest BCUT2D eigenvalue weighted by atomic mass is 35.5. The van der Waals surface area contributed by atoms with Gasteiger partial charge in [-0.25, -0.2) is 0 Å². The summed E-state index contributed by atoms with van der Waals surface area (Å²) in [5.41, 5.74) is 4.10. The van der Waals surface area contributed by atoms with Crippen molar-refractivity contribution in [1.82, 2.24) is 5.32 Å². The van der Waals surface area contributed by atoms with E-state index in [1.54, 1.807) is 24.3 Å². The largest absolute Gasteiger partial charge is 0.505 e. The van der Waals surface area contributed by atoms with E-state index in [9.17, 15) is 23.1 Å². The Labute approximate surface area is 157 Å². The molecule has 0 radical (unpaired) electrons. The zero-order valence-corrected chi connectivity index (χ0v) is 14.5. The van der Waals surface area contributed by atoms with Crippen LogP contribution in [0.25, 0.3) is 10.8 Å². The van der Waals surface area contributed by atoms with E-state index >= 15 is 0 Å². The van der Waals surface area contributed by atoms with Crippen LogP contribution in [-0.2, 0) is 0 Å². The lowest BCUT2D eigenvalue weighted by Gasteiger charge is -2.17. The van der Waals surface area contributed by atoms with E-state index in [0.29, 0.717) is 10.8 Å². The number of allylic oxidation sites excluding steroid dienone is 5. The van der Waals surface area contributed by atoms with Crippen LogP contribution in [0.4, 0.5) is 18.9 Å². The summed E-state index contributed by atoms with van der Waals surface area (Å²) in [5.74, 6) is -1.40.